The van der Waals surface area contributed by atoms with Crippen LogP contribution in [-0.4, -0.2) is 26.3 Å². The van der Waals surface area contributed by atoms with Crippen LogP contribution >= 0.6 is 23.4 Å². The molecule has 0 bridgehead atoms. The molecule has 0 aromatic heterocycles. The summed E-state index contributed by atoms with van der Waals surface area (Å²) < 4.78 is 39.0. The first-order valence-corrected chi connectivity index (χ1v) is 10.3. The van der Waals surface area contributed by atoms with E-state index >= 15 is 0 Å². The Morgan fingerprint density at radius 3 is 2.78 bits per heavy atom. The Morgan fingerprint density at radius 2 is 1.96 bits per heavy atom. The summed E-state index contributed by atoms with van der Waals surface area (Å²) in [4.78, 5) is 12.4. The summed E-state index contributed by atoms with van der Waals surface area (Å²) >= 11 is 6.77. The van der Waals surface area contributed by atoms with Crippen molar-refractivity contribution in [2.75, 3.05) is 6.79 Å². The Bertz CT molecular complexity index is 1110. The van der Waals surface area contributed by atoms with Gasteiger partial charge in [0.05, 0.1) is 9.80 Å². The van der Waals surface area contributed by atoms with Crippen LogP contribution in [-0.2, 0) is 14.8 Å². The largest absolute Gasteiger partial charge is 0.454 e. The number of nitrogens with one attached hydrogen (secondary N) is 1. The van der Waals surface area contributed by atoms with E-state index in [4.69, 9.17) is 21.1 Å². The van der Waals surface area contributed by atoms with E-state index in [9.17, 15) is 13.2 Å². The van der Waals surface area contributed by atoms with Crippen molar-refractivity contribution < 1.29 is 22.7 Å². The molecule has 0 atom stereocenters. The summed E-state index contributed by atoms with van der Waals surface area (Å²) in [5, 5.41) is 2.71. The number of thioether (sulfide) groups is 1. The van der Waals surface area contributed by atoms with Crippen molar-refractivity contribution in [3.63, 3.8) is 0 Å². The number of fused-ring (bicyclic) bond motifs is 1. The maximum absolute atomic E-state index is 12.4. The van der Waals surface area contributed by atoms with Gasteiger partial charge in [0.2, 0.25) is 6.79 Å². The molecule has 0 saturated carbocycles. The molecule has 2 aliphatic heterocycles. The maximum atomic E-state index is 12.4. The standard InChI is InChI=1S/C17H11ClN2O5S2/c18-11-2-1-3-12(8-11)27(22,23)20-17-19-16(21)15(26-17)7-10-4-5-13-14(6-10)25-9-24-13/h1-8H,9H2,(H,19,20,21)/b15-7+. The number of halogens is 1. The zero-order valence-electron chi connectivity index (χ0n) is 13.5. The summed E-state index contributed by atoms with van der Waals surface area (Å²) in [5.74, 6) is 0.790. The minimum Gasteiger partial charge on any atom is -0.454 e. The van der Waals surface area contributed by atoms with E-state index in [0.717, 1.165) is 17.3 Å². The lowest BCUT2D eigenvalue weighted by atomic mass is 10.2. The molecule has 138 valence electrons. The lowest BCUT2D eigenvalue weighted by molar-refractivity contribution is -0.115. The van der Waals surface area contributed by atoms with Crippen LogP contribution in [0.4, 0.5) is 0 Å². The van der Waals surface area contributed by atoms with Gasteiger partial charge < -0.3 is 9.47 Å². The predicted octanol–water partition coefficient (Wildman–Crippen LogP) is 3.02. The third-order valence-electron chi connectivity index (χ3n) is 3.64. The summed E-state index contributed by atoms with van der Waals surface area (Å²) in [6.45, 7) is 0.156. The quantitative estimate of drug-likeness (QED) is 0.764. The molecular formula is C17H11ClN2O5S2. The smallest absolute Gasteiger partial charge is 0.284 e. The molecule has 1 fully saturated rings. The molecule has 1 amide bonds. The lowest BCUT2D eigenvalue weighted by Gasteiger charge is -2.00. The van der Waals surface area contributed by atoms with Gasteiger partial charge in [-0.15, -0.1) is 4.40 Å². The number of nitrogens with zero attached hydrogens (tertiary/aromatic N) is 1. The van der Waals surface area contributed by atoms with E-state index in [-0.39, 0.29) is 21.9 Å². The molecule has 2 aromatic carbocycles. The Kier molecular flexibility index (Phi) is 4.58. The van der Waals surface area contributed by atoms with Gasteiger partial charge >= 0.3 is 0 Å². The molecule has 0 spiro atoms. The van der Waals surface area contributed by atoms with Crippen LogP contribution in [0.5, 0.6) is 11.5 Å². The molecule has 27 heavy (non-hydrogen) atoms. The van der Waals surface area contributed by atoms with Crippen LogP contribution in [0, 0.1) is 0 Å². The SMILES string of the molecule is O=C1N/C(=N\S(=O)(=O)c2cccc(Cl)c2)S/C1=C/c1ccc2c(c1)OCO2. The number of benzene rings is 2. The summed E-state index contributed by atoms with van der Waals surface area (Å²) in [6.07, 6.45) is 1.62. The monoisotopic (exact) mass is 422 g/mol. The molecule has 2 aromatic rings. The van der Waals surface area contributed by atoms with Gasteiger partial charge in [-0.25, -0.2) is 0 Å². The van der Waals surface area contributed by atoms with Crippen molar-refractivity contribution in [3.05, 3.63) is 58.0 Å². The number of hydrogen-bond acceptors (Lipinski definition) is 6. The molecule has 1 saturated heterocycles. The highest BCUT2D eigenvalue weighted by Crippen LogP contribution is 2.34. The number of amides is 1. The Balaban J connectivity index is 1.59. The molecule has 10 heteroatoms. The van der Waals surface area contributed by atoms with Crippen LogP contribution in [0.3, 0.4) is 0 Å². The lowest BCUT2D eigenvalue weighted by Crippen LogP contribution is -2.20. The van der Waals surface area contributed by atoms with Gasteiger partial charge in [0.15, 0.2) is 16.7 Å². The Morgan fingerprint density at radius 1 is 1.15 bits per heavy atom. The zero-order valence-corrected chi connectivity index (χ0v) is 15.9. The van der Waals surface area contributed by atoms with Gasteiger partial charge in [0.1, 0.15) is 0 Å². The van der Waals surface area contributed by atoms with Gasteiger partial charge in [-0.05, 0) is 53.7 Å². The second kappa shape index (κ2) is 6.91. The second-order valence-corrected chi connectivity index (χ2v) is 8.58. The normalized spacial score (nSPS) is 18.9. The van der Waals surface area contributed by atoms with Crippen LogP contribution in [0.2, 0.25) is 5.02 Å². The van der Waals surface area contributed by atoms with Crippen molar-refractivity contribution in [2.45, 2.75) is 4.90 Å². The molecule has 1 N–H and O–H groups in total. The first-order valence-electron chi connectivity index (χ1n) is 7.62. The van der Waals surface area contributed by atoms with E-state index in [1.165, 1.54) is 18.2 Å². The fourth-order valence-corrected chi connectivity index (χ4v) is 4.70. The molecule has 0 radical (unpaired) electrons. The number of hydrogen-bond donors (Lipinski definition) is 1. The van der Waals surface area contributed by atoms with Gasteiger partial charge in [-0.1, -0.05) is 23.7 Å². The average molecular weight is 423 g/mol. The number of ether oxygens (including phenoxy) is 2. The molecule has 2 heterocycles. The number of rotatable bonds is 3. The number of carbonyl (C=O) groups excluding carboxylic acids is 1. The summed E-state index contributed by atoms with van der Waals surface area (Å²) in [5.41, 5.74) is 0.718. The number of amidine groups is 1. The highest BCUT2D eigenvalue weighted by atomic mass is 35.5. The van der Waals surface area contributed by atoms with Gasteiger partial charge in [0, 0.05) is 5.02 Å². The van der Waals surface area contributed by atoms with Gasteiger partial charge in [-0.3, -0.25) is 10.1 Å². The van der Waals surface area contributed by atoms with Crippen molar-refractivity contribution in [3.8, 4) is 11.5 Å². The maximum Gasteiger partial charge on any atom is 0.284 e. The molecule has 0 aliphatic carbocycles. The molecule has 7 nitrogen and oxygen atoms in total. The van der Waals surface area contributed by atoms with Crippen LogP contribution in [0.25, 0.3) is 6.08 Å². The minimum absolute atomic E-state index is 0.0213. The third-order valence-corrected chi connectivity index (χ3v) is 6.18. The van der Waals surface area contributed by atoms with Crippen LogP contribution in [0.1, 0.15) is 5.56 Å². The number of carbonyl (C=O) groups is 1. The van der Waals surface area contributed by atoms with Crippen molar-refractivity contribution >= 4 is 50.5 Å². The van der Waals surface area contributed by atoms with E-state index in [1.54, 1.807) is 30.3 Å². The first kappa shape index (κ1) is 17.9. The molecule has 4 rings (SSSR count). The Labute approximate surface area is 164 Å². The fraction of sp³-hybridized carbons (Fsp3) is 0.0588. The average Bonchev–Trinajstić information content (AvgIpc) is 3.21. The van der Waals surface area contributed by atoms with Crippen molar-refractivity contribution in [2.24, 2.45) is 4.40 Å². The van der Waals surface area contributed by atoms with E-state index in [1.807, 2.05) is 0 Å². The van der Waals surface area contributed by atoms with Crippen LogP contribution < -0.4 is 14.8 Å². The second-order valence-electron chi connectivity index (χ2n) is 5.51. The minimum atomic E-state index is -3.99. The van der Waals surface area contributed by atoms with E-state index < -0.39 is 15.9 Å². The zero-order chi connectivity index (χ0) is 19.0. The molecule has 2 aliphatic rings. The van der Waals surface area contributed by atoms with Crippen LogP contribution in [0.15, 0.2) is 56.7 Å². The third kappa shape index (κ3) is 3.80. The predicted molar refractivity (Wildman–Crippen MR) is 102 cm³/mol. The van der Waals surface area contributed by atoms with E-state index in [0.29, 0.717) is 16.4 Å². The first-order chi connectivity index (χ1) is 12.9. The van der Waals surface area contributed by atoms with Gasteiger partial charge in [-0.2, -0.15) is 8.42 Å². The van der Waals surface area contributed by atoms with Gasteiger partial charge in [0.25, 0.3) is 15.9 Å². The van der Waals surface area contributed by atoms with Crippen molar-refractivity contribution in [1.29, 1.82) is 0 Å². The highest BCUT2D eigenvalue weighted by Gasteiger charge is 2.27. The van der Waals surface area contributed by atoms with E-state index in [2.05, 4.69) is 9.71 Å². The molecule has 0 unspecified atom stereocenters. The summed E-state index contributed by atoms with van der Waals surface area (Å²) in [6, 6.07) is 11.0. The Hall–Kier alpha value is -2.49. The summed E-state index contributed by atoms with van der Waals surface area (Å²) in [7, 11) is -3.99. The van der Waals surface area contributed by atoms with Crippen molar-refractivity contribution in [1.82, 2.24) is 5.32 Å². The highest BCUT2D eigenvalue weighted by molar-refractivity contribution is 8.19. The molecular weight excluding hydrogens is 412 g/mol. The topological polar surface area (TPSA) is 94.1 Å². The number of sulfonamides is 1. The fourth-order valence-electron chi connectivity index (χ4n) is 2.41.